The Labute approximate surface area is 109 Å². The molecular formula is C13H14BrNO2. The first kappa shape index (κ1) is 11.1. The number of carboxylic acid groups (broad SMARTS) is 1. The van der Waals surface area contributed by atoms with Gasteiger partial charge in [-0.3, -0.25) is 0 Å². The molecule has 2 fully saturated rings. The van der Waals surface area contributed by atoms with Crippen LogP contribution in [0.25, 0.3) is 0 Å². The van der Waals surface area contributed by atoms with Crippen molar-refractivity contribution in [3.8, 4) is 0 Å². The van der Waals surface area contributed by atoms with Crippen LogP contribution in [0.4, 0.5) is 5.69 Å². The van der Waals surface area contributed by atoms with Crippen LogP contribution < -0.4 is 4.90 Å². The van der Waals surface area contributed by atoms with Crippen molar-refractivity contribution in [2.75, 3.05) is 18.0 Å². The van der Waals surface area contributed by atoms with E-state index in [0.717, 1.165) is 23.2 Å². The minimum atomic E-state index is -0.851. The zero-order chi connectivity index (χ0) is 12.0. The van der Waals surface area contributed by atoms with E-state index in [-0.39, 0.29) is 0 Å². The number of hydrogen-bond donors (Lipinski definition) is 1. The van der Waals surface area contributed by atoms with Gasteiger partial charge >= 0.3 is 5.97 Å². The Hall–Kier alpha value is -1.03. The minimum absolute atomic E-state index is 0.397. The van der Waals surface area contributed by atoms with Gasteiger partial charge in [-0.2, -0.15) is 0 Å². The molecule has 0 bridgehead atoms. The molecule has 1 aliphatic carbocycles. The molecule has 1 saturated heterocycles. The molecule has 3 nitrogen and oxygen atoms in total. The zero-order valence-electron chi connectivity index (χ0n) is 9.45. The van der Waals surface area contributed by atoms with E-state index in [4.69, 9.17) is 0 Å². The van der Waals surface area contributed by atoms with Crippen LogP contribution in [0.1, 0.15) is 29.6 Å². The smallest absolute Gasteiger partial charge is 0.337 e. The van der Waals surface area contributed by atoms with Crippen LogP contribution in [-0.4, -0.2) is 24.2 Å². The first-order valence-electron chi connectivity index (χ1n) is 5.88. The lowest BCUT2D eigenvalue weighted by atomic mass is 9.63. The van der Waals surface area contributed by atoms with E-state index in [1.807, 2.05) is 6.07 Å². The highest BCUT2D eigenvalue weighted by molar-refractivity contribution is 9.10. The molecule has 1 aromatic carbocycles. The van der Waals surface area contributed by atoms with E-state index >= 15 is 0 Å². The highest BCUT2D eigenvalue weighted by atomic mass is 79.9. The first-order chi connectivity index (χ1) is 8.11. The van der Waals surface area contributed by atoms with Crippen molar-refractivity contribution in [3.63, 3.8) is 0 Å². The number of carboxylic acids is 1. The third kappa shape index (κ3) is 1.66. The van der Waals surface area contributed by atoms with Gasteiger partial charge < -0.3 is 10.0 Å². The van der Waals surface area contributed by atoms with Gasteiger partial charge in [-0.25, -0.2) is 4.79 Å². The summed E-state index contributed by atoms with van der Waals surface area (Å²) in [6, 6.07) is 5.36. The molecule has 1 aromatic rings. The number of carbonyl (C=O) groups is 1. The highest BCUT2D eigenvalue weighted by Crippen LogP contribution is 2.51. The first-order valence-corrected chi connectivity index (χ1v) is 6.67. The molecule has 2 aliphatic rings. The van der Waals surface area contributed by atoms with Crippen LogP contribution in [-0.2, 0) is 0 Å². The summed E-state index contributed by atoms with van der Waals surface area (Å²) < 4.78 is 0.881. The number of para-hydroxylation sites is 1. The maximum atomic E-state index is 11.2. The Bertz CT molecular complexity index is 474. The number of anilines is 1. The van der Waals surface area contributed by atoms with E-state index in [9.17, 15) is 9.90 Å². The molecule has 0 radical (unpaired) electrons. The van der Waals surface area contributed by atoms with Gasteiger partial charge in [0.25, 0.3) is 0 Å². The lowest BCUT2D eigenvalue weighted by molar-refractivity contribution is 0.0690. The standard InChI is InChI=1S/C13H14BrNO2/c14-10-4-1-3-9(12(16)17)11(10)15-7-13(8-15)5-2-6-13/h1,3-4H,2,5-8H2,(H,16,17). The molecule has 3 rings (SSSR count). The Kier molecular flexibility index (Phi) is 2.43. The Balaban J connectivity index is 1.90. The summed E-state index contributed by atoms with van der Waals surface area (Å²) in [4.78, 5) is 13.4. The van der Waals surface area contributed by atoms with Crippen molar-refractivity contribution in [1.82, 2.24) is 0 Å². The lowest BCUT2D eigenvalue weighted by Gasteiger charge is -2.57. The molecule has 0 unspecified atom stereocenters. The number of nitrogens with zero attached hydrogens (tertiary/aromatic N) is 1. The number of halogens is 1. The number of aromatic carboxylic acids is 1. The van der Waals surface area contributed by atoms with Crippen molar-refractivity contribution in [2.45, 2.75) is 19.3 Å². The molecule has 90 valence electrons. The van der Waals surface area contributed by atoms with Gasteiger partial charge in [0.2, 0.25) is 0 Å². The fourth-order valence-corrected chi connectivity index (χ4v) is 3.54. The summed E-state index contributed by atoms with van der Waals surface area (Å²) in [6.45, 7) is 2.02. The summed E-state index contributed by atoms with van der Waals surface area (Å²) in [7, 11) is 0. The van der Waals surface area contributed by atoms with Gasteiger partial charge in [0.15, 0.2) is 0 Å². The van der Waals surface area contributed by atoms with Gasteiger partial charge in [0, 0.05) is 23.0 Å². The fourth-order valence-electron chi connectivity index (χ4n) is 2.92. The second kappa shape index (κ2) is 3.73. The predicted octanol–water partition coefficient (Wildman–Crippen LogP) is 3.14. The van der Waals surface area contributed by atoms with E-state index in [0.29, 0.717) is 11.0 Å². The van der Waals surface area contributed by atoms with Crippen molar-refractivity contribution in [1.29, 1.82) is 0 Å². The van der Waals surface area contributed by atoms with Gasteiger partial charge in [0.05, 0.1) is 11.3 Å². The molecule has 1 saturated carbocycles. The molecule has 1 heterocycles. The second-order valence-corrected chi connectivity index (χ2v) is 6.01. The van der Waals surface area contributed by atoms with Crippen molar-refractivity contribution in [3.05, 3.63) is 28.2 Å². The van der Waals surface area contributed by atoms with Crippen LogP contribution in [0.5, 0.6) is 0 Å². The van der Waals surface area contributed by atoms with Crippen molar-refractivity contribution in [2.24, 2.45) is 5.41 Å². The summed E-state index contributed by atoms with van der Waals surface area (Å²) in [5, 5.41) is 9.21. The molecule has 0 aromatic heterocycles. The van der Waals surface area contributed by atoms with Gasteiger partial charge in [0.1, 0.15) is 0 Å². The van der Waals surface area contributed by atoms with Crippen molar-refractivity contribution >= 4 is 27.6 Å². The Morgan fingerprint density at radius 2 is 2.06 bits per heavy atom. The van der Waals surface area contributed by atoms with Gasteiger partial charge in [-0.05, 0) is 40.9 Å². The van der Waals surface area contributed by atoms with Gasteiger partial charge in [-0.15, -0.1) is 0 Å². The van der Waals surface area contributed by atoms with Crippen LogP contribution in [0.2, 0.25) is 0 Å². The quantitative estimate of drug-likeness (QED) is 0.911. The average molecular weight is 296 g/mol. The molecule has 1 N–H and O–H groups in total. The maximum absolute atomic E-state index is 11.2. The number of rotatable bonds is 2. The molecular weight excluding hydrogens is 282 g/mol. The minimum Gasteiger partial charge on any atom is -0.478 e. The summed E-state index contributed by atoms with van der Waals surface area (Å²) in [5.41, 5.74) is 1.75. The molecule has 17 heavy (non-hydrogen) atoms. The molecule has 0 atom stereocenters. The normalized spacial score (nSPS) is 20.9. The number of hydrogen-bond acceptors (Lipinski definition) is 2. The summed E-state index contributed by atoms with van der Waals surface area (Å²) in [5.74, 6) is -0.851. The second-order valence-electron chi connectivity index (χ2n) is 5.15. The van der Waals surface area contributed by atoms with E-state index in [1.54, 1.807) is 12.1 Å². The predicted molar refractivity (Wildman–Crippen MR) is 69.6 cm³/mol. The molecule has 1 spiro atoms. The summed E-state index contributed by atoms with van der Waals surface area (Å²) in [6.07, 6.45) is 3.93. The third-order valence-electron chi connectivity index (χ3n) is 4.00. The number of benzene rings is 1. The van der Waals surface area contributed by atoms with Crippen LogP contribution in [0, 0.1) is 5.41 Å². The van der Waals surface area contributed by atoms with E-state index in [2.05, 4.69) is 20.8 Å². The maximum Gasteiger partial charge on any atom is 0.337 e. The van der Waals surface area contributed by atoms with Crippen molar-refractivity contribution < 1.29 is 9.90 Å². The zero-order valence-corrected chi connectivity index (χ0v) is 11.0. The summed E-state index contributed by atoms with van der Waals surface area (Å²) >= 11 is 3.46. The van der Waals surface area contributed by atoms with Crippen LogP contribution >= 0.6 is 15.9 Å². The van der Waals surface area contributed by atoms with Gasteiger partial charge in [-0.1, -0.05) is 12.5 Å². The van der Waals surface area contributed by atoms with E-state index in [1.165, 1.54) is 19.3 Å². The topological polar surface area (TPSA) is 40.5 Å². The monoisotopic (exact) mass is 295 g/mol. The Morgan fingerprint density at radius 1 is 1.35 bits per heavy atom. The Morgan fingerprint density at radius 3 is 2.59 bits per heavy atom. The molecule has 1 aliphatic heterocycles. The van der Waals surface area contributed by atoms with Crippen LogP contribution in [0.15, 0.2) is 22.7 Å². The lowest BCUT2D eigenvalue weighted by Crippen LogP contribution is -2.60. The average Bonchev–Trinajstić information content (AvgIpc) is 2.15. The largest absolute Gasteiger partial charge is 0.478 e. The molecule has 0 amide bonds. The van der Waals surface area contributed by atoms with E-state index < -0.39 is 5.97 Å². The fraction of sp³-hybridized carbons (Fsp3) is 0.462. The molecule has 4 heteroatoms. The third-order valence-corrected chi connectivity index (χ3v) is 4.64. The highest BCUT2D eigenvalue weighted by Gasteiger charge is 2.48. The van der Waals surface area contributed by atoms with Crippen LogP contribution in [0.3, 0.4) is 0 Å². The SMILES string of the molecule is O=C(O)c1cccc(Br)c1N1CC2(CCC2)C1.